The molecule has 1 fully saturated rings. The van der Waals surface area contributed by atoms with Crippen molar-refractivity contribution in [2.75, 3.05) is 20.2 Å². The molecule has 0 bridgehead atoms. The Kier molecular flexibility index (Phi) is 11.1. The quantitative estimate of drug-likeness (QED) is 0.461. The van der Waals surface area contributed by atoms with E-state index in [4.69, 9.17) is 4.74 Å². The zero-order valence-corrected chi connectivity index (χ0v) is 22.8. The van der Waals surface area contributed by atoms with Gasteiger partial charge < -0.3 is 15.0 Å². The number of nitrogens with zero attached hydrogens (tertiary/aromatic N) is 1. The number of benzene rings is 2. The molecule has 9 nitrogen and oxygen atoms in total. The molecule has 0 aliphatic carbocycles. The zero-order chi connectivity index (χ0) is 26.3. The predicted molar refractivity (Wildman–Crippen MR) is 142 cm³/mol. The molecule has 0 radical (unpaired) electrons. The lowest BCUT2D eigenvalue weighted by molar-refractivity contribution is -0.146. The highest BCUT2D eigenvalue weighted by molar-refractivity contribution is 7.89. The van der Waals surface area contributed by atoms with Crippen molar-refractivity contribution >= 4 is 40.2 Å². The average Bonchev–Trinajstić information content (AvgIpc) is 2.88. The molecule has 2 N–H and O–H groups in total. The average molecular weight is 552 g/mol. The van der Waals surface area contributed by atoms with Crippen LogP contribution in [0.15, 0.2) is 59.5 Å². The fourth-order valence-corrected chi connectivity index (χ4v) is 5.38. The lowest BCUT2D eigenvalue weighted by Crippen LogP contribution is -2.51. The lowest BCUT2D eigenvalue weighted by Gasteiger charge is -2.33. The van der Waals surface area contributed by atoms with Crippen molar-refractivity contribution in [3.05, 3.63) is 65.7 Å². The summed E-state index contributed by atoms with van der Waals surface area (Å²) in [5, 5.41) is 2.80. The van der Waals surface area contributed by atoms with E-state index in [1.807, 2.05) is 37.3 Å². The SMILES string of the molecule is COC(=O)[C@H](Cc1ccccc1)NC(=O)C1CCN(C(=O)[C@H](C)NS(=O)(=O)c2ccc(C)cc2)CC1.Cl. The molecule has 1 saturated heterocycles. The van der Waals surface area contributed by atoms with E-state index >= 15 is 0 Å². The Bertz CT molecular complexity index is 1170. The van der Waals surface area contributed by atoms with Crippen LogP contribution < -0.4 is 10.0 Å². The molecule has 0 unspecified atom stereocenters. The molecule has 2 aromatic rings. The number of likely N-dealkylation sites (tertiary alicyclic amines) is 1. The summed E-state index contributed by atoms with van der Waals surface area (Å²) in [5.74, 6) is -1.49. The minimum absolute atomic E-state index is 0. The monoisotopic (exact) mass is 551 g/mol. The smallest absolute Gasteiger partial charge is 0.328 e. The van der Waals surface area contributed by atoms with Gasteiger partial charge >= 0.3 is 5.97 Å². The molecule has 1 aliphatic rings. The number of rotatable bonds is 9. The number of esters is 1. The lowest BCUT2D eigenvalue weighted by atomic mass is 9.94. The first kappa shape index (κ1) is 30.3. The summed E-state index contributed by atoms with van der Waals surface area (Å²) in [5.41, 5.74) is 1.83. The summed E-state index contributed by atoms with van der Waals surface area (Å²) >= 11 is 0. The molecule has 11 heteroatoms. The number of hydrogen-bond donors (Lipinski definition) is 2. The van der Waals surface area contributed by atoms with Gasteiger partial charge in [-0.3, -0.25) is 9.59 Å². The Hall–Kier alpha value is -2.95. The van der Waals surface area contributed by atoms with Gasteiger partial charge in [-0.2, -0.15) is 4.72 Å². The van der Waals surface area contributed by atoms with E-state index in [2.05, 4.69) is 10.0 Å². The zero-order valence-electron chi connectivity index (χ0n) is 21.2. The topological polar surface area (TPSA) is 122 Å². The van der Waals surface area contributed by atoms with Crippen molar-refractivity contribution in [3.63, 3.8) is 0 Å². The number of nitrogens with one attached hydrogen (secondary N) is 2. The Labute approximate surface area is 224 Å². The van der Waals surface area contributed by atoms with Crippen molar-refractivity contribution in [2.45, 2.75) is 50.1 Å². The van der Waals surface area contributed by atoms with Crippen LogP contribution in [0.25, 0.3) is 0 Å². The van der Waals surface area contributed by atoms with Crippen LogP contribution in [-0.2, 0) is 35.6 Å². The number of methoxy groups -OCH3 is 1. The van der Waals surface area contributed by atoms with Crippen molar-refractivity contribution in [2.24, 2.45) is 5.92 Å². The van der Waals surface area contributed by atoms with Crippen LogP contribution in [0.3, 0.4) is 0 Å². The summed E-state index contributed by atoms with van der Waals surface area (Å²) in [7, 11) is -2.56. The number of hydrogen-bond acceptors (Lipinski definition) is 6. The van der Waals surface area contributed by atoms with Gasteiger partial charge in [0.25, 0.3) is 0 Å². The summed E-state index contributed by atoms with van der Waals surface area (Å²) in [6.07, 6.45) is 1.14. The maximum atomic E-state index is 12.9. The van der Waals surface area contributed by atoms with Crippen LogP contribution in [0.4, 0.5) is 0 Å². The van der Waals surface area contributed by atoms with Gasteiger partial charge in [-0.15, -0.1) is 12.4 Å². The van der Waals surface area contributed by atoms with E-state index in [-0.39, 0.29) is 35.0 Å². The van der Waals surface area contributed by atoms with Gasteiger partial charge in [-0.1, -0.05) is 48.0 Å². The summed E-state index contributed by atoms with van der Waals surface area (Å²) < 4.78 is 32.6. The maximum Gasteiger partial charge on any atom is 0.328 e. The highest BCUT2D eigenvalue weighted by Crippen LogP contribution is 2.19. The number of ether oxygens (including phenoxy) is 1. The molecule has 1 heterocycles. The highest BCUT2D eigenvalue weighted by atomic mass is 35.5. The van der Waals surface area contributed by atoms with E-state index in [1.165, 1.54) is 26.2 Å². The van der Waals surface area contributed by atoms with E-state index < -0.39 is 28.1 Å². The van der Waals surface area contributed by atoms with Crippen LogP contribution in [0.1, 0.15) is 30.9 Å². The van der Waals surface area contributed by atoms with Crippen LogP contribution in [0.5, 0.6) is 0 Å². The van der Waals surface area contributed by atoms with Gasteiger partial charge in [-0.05, 0) is 44.4 Å². The largest absolute Gasteiger partial charge is 0.467 e. The summed E-state index contributed by atoms with van der Waals surface area (Å²) in [4.78, 5) is 39.7. The molecule has 2 amide bonds. The third-order valence-corrected chi connectivity index (χ3v) is 7.85. The summed E-state index contributed by atoms with van der Waals surface area (Å²) in [6.45, 7) is 4.00. The Morgan fingerprint density at radius 3 is 2.19 bits per heavy atom. The fourth-order valence-electron chi connectivity index (χ4n) is 4.18. The molecule has 202 valence electrons. The van der Waals surface area contributed by atoms with Gasteiger partial charge in [0.1, 0.15) is 6.04 Å². The van der Waals surface area contributed by atoms with Gasteiger partial charge in [0, 0.05) is 25.4 Å². The second-order valence-corrected chi connectivity index (χ2v) is 10.7. The normalized spacial score (nSPS) is 15.7. The van der Waals surface area contributed by atoms with Crippen molar-refractivity contribution in [1.82, 2.24) is 14.9 Å². The molecular formula is C26H34ClN3O6S. The maximum absolute atomic E-state index is 12.9. The van der Waals surface area contributed by atoms with E-state index in [9.17, 15) is 22.8 Å². The Morgan fingerprint density at radius 2 is 1.62 bits per heavy atom. The standard InChI is InChI=1S/C26H33N3O6S.ClH/c1-18-9-11-22(12-10-18)36(33,34)28-19(2)25(31)29-15-13-21(14-16-29)24(30)27-23(26(32)35-3)17-20-7-5-4-6-8-20;/h4-12,19,21,23,28H,13-17H2,1-3H3,(H,27,30);1H/t19-,23-;/m0./s1. The minimum atomic E-state index is -3.84. The number of carbonyl (C=O) groups is 3. The number of sulfonamides is 1. The number of aryl methyl sites for hydroxylation is 1. The van der Waals surface area contributed by atoms with Crippen LogP contribution in [0.2, 0.25) is 0 Å². The number of halogens is 1. The van der Waals surface area contributed by atoms with Crippen molar-refractivity contribution in [3.8, 4) is 0 Å². The van der Waals surface area contributed by atoms with Gasteiger partial charge in [-0.25, -0.2) is 13.2 Å². The van der Waals surface area contributed by atoms with Crippen molar-refractivity contribution < 1.29 is 27.5 Å². The molecule has 0 saturated carbocycles. The Morgan fingerprint density at radius 1 is 1.03 bits per heavy atom. The van der Waals surface area contributed by atoms with Crippen LogP contribution in [0, 0.1) is 12.8 Å². The molecule has 0 spiro atoms. The molecule has 37 heavy (non-hydrogen) atoms. The third kappa shape index (κ3) is 8.28. The number of carbonyl (C=O) groups excluding carboxylic acids is 3. The minimum Gasteiger partial charge on any atom is -0.467 e. The second kappa shape index (κ2) is 13.6. The van der Waals surface area contributed by atoms with Crippen LogP contribution >= 0.6 is 12.4 Å². The first-order chi connectivity index (χ1) is 17.1. The molecule has 2 aromatic carbocycles. The number of amides is 2. The first-order valence-electron chi connectivity index (χ1n) is 11.9. The molecule has 2 atom stereocenters. The second-order valence-electron chi connectivity index (χ2n) is 9.03. The molecule has 3 rings (SSSR count). The van der Waals surface area contributed by atoms with E-state index in [0.717, 1.165) is 11.1 Å². The van der Waals surface area contributed by atoms with E-state index in [1.54, 1.807) is 17.0 Å². The van der Waals surface area contributed by atoms with Crippen LogP contribution in [-0.4, -0.2) is 63.4 Å². The predicted octanol–water partition coefficient (Wildman–Crippen LogP) is 2.22. The highest BCUT2D eigenvalue weighted by Gasteiger charge is 2.33. The number of piperidine rings is 1. The van der Waals surface area contributed by atoms with Crippen molar-refractivity contribution in [1.29, 1.82) is 0 Å². The first-order valence-corrected chi connectivity index (χ1v) is 13.4. The molecule has 1 aliphatic heterocycles. The molecular weight excluding hydrogens is 518 g/mol. The van der Waals surface area contributed by atoms with Gasteiger partial charge in [0.05, 0.1) is 18.0 Å². The van der Waals surface area contributed by atoms with Gasteiger partial charge in [0.15, 0.2) is 0 Å². The Balaban J connectivity index is 0.00000481. The third-order valence-electron chi connectivity index (χ3n) is 6.30. The van der Waals surface area contributed by atoms with Gasteiger partial charge in [0.2, 0.25) is 21.8 Å². The summed E-state index contributed by atoms with van der Waals surface area (Å²) in [6, 6.07) is 14.0. The fraction of sp³-hybridized carbons (Fsp3) is 0.423. The molecule has 0 aromatic heterocycles. The van der Waals surface area contributed by atoms with E-state index in [0.29, 0.717) is 32.4 Å².